The third-order valence-electron chi connectivity index (χ3n) is 6.89. The fraction of sp³-hybridized carbons (Fsp3) is 0.417. The van der Waals surface area contributed by atoms with Gasteiger partial charge in [-0.05, 0) is 62.1 Å². The van der Waals surface area contributed by atoms with Crippen LogP contribution in [0.3, 0.4) is 0 Å². The third-order valence-corrected chi connectivity index (χ3v) is 6.89. The summed E-state index contributed by atoms with van der Waals surface area (Å²) >= 11 is 0. The van der Waals surface area contributed by atoms with Gasteiger partial charge in [-0.2, -0.15) is 13.2 Å². The Kier molecular flexibility index (Phi) is 5.14. The van der Waals surface area contributed by atoms with Gasteiger partial charge in [-0.25, -0.2) is 9.97 Å². The van der Waals surface area contributed by atoms with Crippen molar-refractivity contribution in [2.45, 2.75) is 63.7 Å². The van der Waals surface area contributed by atoms with Crippen LogP contribution in [0, 0.1) is 13.8 Å². The molecule has 5 rings (SSSR count). The Morgan fingerprint density at radius 3 is 2.53 bits per heavy atom. The Morgan fingerprint density at radius 2 is 1.82 bits per heavy atom. The molecule has 178 valence electrons. The number of halogens is 3. The van der Waals surface area contributed by atoms with E-state index in [-0.39, 0.29) is 23.1 Å². The second kappa shape index (κ2) is 7.82. The number of fused-ring (bicyclic) bond motifs is 3. The molecule has 1 aliphatic heterocycles. The van der Waals surface area contributed by atoms with Crippen LogP contribution < -0.4 is 10.6 Å². The van der Waals surface area contributed by atoms with Crippen LogP contribution in [0.25, 0.3) is 11.0 Å². The summed E-state index contributed by atoms with van der Waals surface area (Å²) in [5, 5.41) is 4.18. The fourth-order valence-electron chi connectivity index (χ4n) is 4.92. The summed E-state index contributed by atoms with van der Waals surface area (Å²) in [5.74, 6) is -2.60. The Bertz CT molecular complexity index is 1310. The number of benzene rings is 1. The lowest BCUT2D eigenvalue weighted by atomic mass is 9.86. The molecule has 2 amide bonds. The Morgan fingerprint density at radius 1 is 1.12 bits per heavy atom. The predicted octanol–water partition coefficient (Wildman–Crippen LogP) is 4.69. The first kappa shape index (κ1) is 22.4. The number of alkyl halides is 3. The van der Waals surface area contributed by atoms with Crippen molar-refractivity contribution in [1.29, 1.82) is 0 Å². The van der Waals surface area contributed by atoms with Crippen LogP contribution in [0.5, 0.6) is 0 Å². The first-order valence-corrected chi connectivity index (χ1v) is 11.3. The number of aromatic nitrogens is 3. The summed E-state index contributed by atoms with van der Waals surface area (Å²) in [7, 11) is 0. The van der Waals surface area contributed by atoms with Crippen LogP contribution >= 0.6 is 0 Å². The zero-order chi connectivity index (χ0) is 24.3. The normalized spacial score (nSPS) is 20.9. The second-order valence-corrected chi connectivity index (χ2v) is 9.10. The van der Waals surface area contributed by atoms with Crippen LogP contribution in [-0.2, 0) is 10.5 Å². The molecule has 0 spiro atoms. The van der Waals surface area contributed by atoms with Crippen LogP contribution in [0.4, 0.5) is 19.1 Å². The van der Waals surface area contributed by atoms with E-state index in [2.05, 4.69) is 15.3 Å². The average Bonchev–Trinajstić information content (AvgIpc) is 3.27. The van der Waals surface area contributed by atoms with Gasteiger partial charge in [0.2, 0.25) is 5.95 Å². The van der Waals surface area contributed by atoms with Crippen LogP contribution in [-0.4, -0.2) is 32.5 Å². The van der Waals surface area contributed by atoms with Gasteiger partial charge in [-0.15, -0.1) is 0 Å². The molecule has 2 aliphatic rings. The molecule has 1 saturated carbocycles. The number of imidazole rings is 1. The minimum absolute atomic E-state index is 0.0954. The molecule has 1 aliphatic carbocycles. The van der Waals surface area contributed by atoms with E-state index in [0.717, 1.165) is 47.8 Å². The van der Waals surface area contributed by atoms with Gasteiger partial charge in [0.1, 0.15) is 5.69 Å². The van der Waals surface area contributed by atoms with Crippen molar-refractivity contribution < 1.29 is 22.8 Å². The number of aryl methyl sites for hydroxylation is 2. The molecule has 1 fully saturated rings. The number of pyridine rings is 1. The molecule has 1 atom stereocenters. The summed E-state index contributed by atoms with van der Waals surface area (Å²) < 4.78 is 44.6. The Balaban J connectivity index is 1.58. The Labute approximate surface area is 193 Å². The molecular weight excluding hydrogens is 447 g/mol. The number of carbonyl (C=O) groups excluding carboxylic acids is 2. The van der Waals surface area contributed by atoms with E-state index in [1.165, 1.54) is 12.1 Å². The van der Waals surface area contributed by atoms with E-state index in [1.807, 2.05) is 12.2 Å². The van der Waals surface area contributed by atoms with E-state index >= 15 is 0 Å². The van der Waals surface area contributed by atoms with Gasteiger partial charge in [0.15, 0.2) is 0 Å². The van der Waals surface area contributed by atoms with Gasteiger partial charge >= 0.3 is 6.18 Å². The molecular formula is C24H24F3N5O2. The van der Waals surface area contributed by atoms with Gasteiger partial charge in [-0.3, -0.25) is 19.5 Å². The van der Waals surface area contributed by atoms with Crippen molar-refractivity contribution in [3.8, 4) is 0 Å². The number of carbonyl (C=O) groups is 2. The van der Waals surface area contributed by atoms with E-state index in [1.54, 1.807) is 25.1 Å². The number of nitrogens with one attached hydrogen (secondary N) is 2. The summed E-state index contributed by atoms with van der Waals surface area (Å²) in [6.07, 6.45) is -0.0529. The molecule has 2 aromatic heterocycles. The van der Waals surface area contributed by atoms with Crippen molar-refractivity contribution in [3.05, 3.63) is 52.8 Å². The Hall–Kier alpha value is -3.43. The smallest absolute Gasteiger partial charge is 0.312 e. The zero-order valence-electron chi connectivity index (χ0n) is 18.8. The highest BCUT2D eigenvalue weighted by molar-refractivity contribution is 6.06. The quantitative estimate of drug-likeness (QED) is 0.580. The second-order valence-electron chi connectivity index (χ2n) is 9.10. The minimum Gasteiger partial charge on any atom is -0.312 e. The molecule has 0 radical (unpaired) electrons. The molecule has 34 heavy (non-hydrogen) atoms. The average molecular weight is 471 g/mol. The van der Waals surface area contributed by atoms with Gasteiger partial charge in [0.25, 0.3) is 17.5 Å². The van der Waals surface area contributed by atoms with E-state index in [9.17, 15) is 22.8 Å². The molecule has 0 bridgehead atoms. The molecule has 0 saturated heterocycles. The predicted molar refractivity (Wildman–Crippen MR) is 119 cm³/mol. The van der Waals surface area contributed by atoms with Crippen molar-refractivity contribution in [2.75, 3.05) is 5.32 Å². The van der Waals surface area contributed by atoms with Gasteiger partial charge in [-0.1, -0.05) is 25.3 Å². The number of anilines is 1. The van der Waals surface area contributed by atoms with E-state index in [0.29, 0.717) is 11.2 Å². The summed E-state index contributed by atoms with van der Waals surface area (Å²) in [6.45, 7) is 3.58. The lowest BCUT2D eigenvalue weighted by Crippen LogP contribution is -2.63. The first-order chi connectivity index (χ1) is 16.1. The van der Waals surface area contributed by atoms with Crippen molar-refractivity contribution >= 4 is 28.8 Å². The first-order valence-electron chi connectivity index (χ1n) is 11.3. The highest BCUT2D eigenvalue weighted by Gasteiger charge is 2.67. The monoisotopic (exact) mass is 471 g/mol. The molecule has 1 aromatic carbocycles. The molecule has 3 aromatic rings. The zero-order valence-corrected chi connectivity index (χ0v) is 18.8. The maximum atomic E-state index is 14.6. The summed E-state index contributed by atoms with van der Waals surface area (Å²) in [6, 6.07) is 7.96. The standard InChI is InChI=1S/C24H24F3N5O2/c1-13-11-18-19(12-14(13)2)32-22(29-18)30-21(34)23(32,24(25,26)27)31-20(33)17-10-6-9-16(28-17)15-7-4-3-5-8-15/h6,9-12,15H,3-5,7-8H2,1-2H3,(H,31,33)(H,29,30,34). The summed E-state index contributed by atoms with van der Waals surface area (Å²) in [4.78, 5) is 34.5. The highest BCUT2D eigenvalue weighted by atomic mass is 19.4. The SMILES string of the molecule is Cc1cc2nc3n(c2cc1C)C(NC(=O)c1cccc(C2CCCCC2)n1)(C(F)(F)F)C(=O)N3. The van der Waals surface area contributed by atoms with Crippen LogP contribution in [0.1, 0.15) is 65.3 Å². The van der Waals surface area contributed by atoms with Crippen molar-refractivity contribution in [1.82, 2.24) is 19.9 Å². The van der Waals surface area contributed by atoms with E-state index in [4.69, 9.17) is 0 Å². The van der Waals surface area contributed by atoms with Crippen molar-refractivity contribution in [3.63, 3.8) is 0 Å². The van der Waals surface area contributed by atoms with Crippen LogP contribution in [0.15, 0.2) is 30.3 Å². The summed E-state index contributed by atoms with van der Waals surface area (Å²) in [5.41, 5.74) is -0.858. The maximum Gasteiger partial charge on any atom is 0.440 e. The third kappa shape index (κ3) is 3.35. The number of hydrogen-bond acceptors (Lipinski definition) is 4. The highest BCUT2D eigenvalue weighted by Crippen LogP contribution is 2.44. The number of nitrogens with zero attached hydrogens (tertiary/aromatic N) is 3. The number of rotatable bonds is 3. The molecule has 10 heteroatoms. The van der Waals surface area contributed by atoms with Gasteiger partial charge in [0, 0.05) is 11.6 Å². The van der Waals surface area contributed by atoms with Crippen LogP contribution in [0.2, 0.25) is 0 Å². The number of hydrogen-bond donors (Lipinski definition) is 2. The molecule has 2 N–H and O–H groups in total. The molecule has 1 unspecified atom stereocenters. The molecule has 3 heterocycles. The topological polar surface area (TPSA) is 88.9 Å². The van der Waals surface area contributed by atoms with Gasteiger partial charge in [0.05, 0.1) is 11.0 Å². The molecule has 7 nitrogen and oxygen atoms in total. The van der Waals surface area contributed by atoms with E-state index < -0.39 is 23.7 Å². The fourth-order valence-corrected chi connectivity index (χ4v) is 4.92. The lowest BCUT2D eigenvalue weighted by Gasteiger charge is -2.32. The minimum atomic E-state index is -5.15. The van der Waals surface area contributed by atoms with Gasteiger partial charge < -0.3 is 5.32 Å². The maximum absolute atomic E-state index is 14.6. The lowest BCUT2D eigenvalue weighted by molar-refractivity contribution is -0.213. The number of amides is 2. The largest absolute Gasteiger partial charge is 0.440 e. The van der Waals surface area contributed by atoms with Crippen molar-refractivity contribution in [2.24, 2.45) is 0 Å².